The summed E-state index contributed by atoms with van der Waals surface area (Å²) in [4.78, 5) is 19.0. The summed E-state index contributed by atoms with van der Waals surface area (Å²) < 4.78 is 0. The fourth-order valence-electron chi connectivity index (χ4n) is 1.58. The summed E-state index contributed by atoms with van der Waals surface area (Å²) in [5, 5.41) is 15.0. The van der Waals surface area contributed by atoms with Gasteiger partial charge in [-0.3, -0.25) is 0 Å². The fourth-order valence-corrected chi connectivity index (χ4v) is 1.58. The van der Waals surface area contributed by atoms with Crippen molar-refractivity contribution in [3.05, 3.63) is 54.9 Å². The van der Waals surface area contributed by atoms with Crippen molar-refractivity contribution in [2.75, 3.05) is 17.2 Å². The summed E-state index contributed by atoms with van der Waals surface area (Å²) in [6.07, 6.45) is 3.15. The molecule has 2 rings (SSSR count). The van der Waals surface area contributed by atoms with Gasteiger partial charge in [0.1, 0.15) is 18.0 Å². The zero-order chi connectivity index (χ0) is 14.4. The third-order valence-corrected chi connectivity index (χ3v) is 2.48. The van der Waals surface area contributed by atoms with Gasteiger partial charge in [-0.15, -0.1) is 6.58 Å². The first-order valence-electron chi connectivity index (χ1n) is 5.96. The van der Waals surface area contributed by atoms with Crippen LogP contribution in [0.4, 0.5) is 17.3 Å². The Morgan fingerprint density at radius 2 is 2.10 bits per heavy atom. The molecule has 2 aromatic rings. The molecule has 6 nitrogen and oxygen atoms in total. The van der Waals surface area contributed by atoms with Gasteiger partial charge < -0.3 is 15.7 Å². The second-order valence-electron chi connectivity index (χ2n) is 3.97. The monoisotopic (exact) mass is 270 g/mol. The van der Waals surface area contributed by atoms with Crippen molar-refractivity contribution in [1.29, 1.82) is 0 Å². The van der Waals surface area contributed by atoms with Crippen molar-refractivity contribution in [1.82, 2.24) is 9.97 Å². The van der Waals surface area contributed by atoms with E-state index in [1.54, 1.807) is 30.3 Å². The first-order valence-corrected chi connectivity index (χ1v) is 5.96. The first kappa shape index (κ1) is 13.5. The van der Waals surface area contributed by atoms with Gasteiger partial charge in [-0.25, -0.2) is 14.8 Å². The molecule has 0 radical (unpaired) electrons. The van der Waals surface area contributed by atoms with E-state index in [1.807, 2.05) is 0 Å². The summed E-state index contributed by atoms with van der Waals surface area (Å²) in [5.74, 6) is 0.274. The molecule has 3 N–H and O–H groups in total. The Kier molecular flexibility index (Phi) is 4.28. The Labute approximate surface area is 116 Å². The van der Waals surface area contributed by atoms with Crippen LogP contribution in [0.2, 0.25) is 0 Å². The number of carbonyl (C=O) groups is 1. The molecule has 0 aliphatic carbocycles. The highest BCUT2D eigenvalue weighted by Gasteiger charge is 2.04. The number of anilines is 3. The summed E-state index contributed by atoms with van der Waals surface area (Å²) in [6, 6.07) is 8.25. The van der Waals surface area contributed by atoms with Crippen LogP contribution in [0.1, 0.15) is 10.4 Å². The molecular weight excluding hydrogens is 256 g/mol. The number of hydrogen-bond donors (Lipinski definition) is 3. The fraction of sp³-hybridized carbons (Fsp3) is 0.0714. The first-order chi connectivity index (χ1) is 9.69. The van der Waals surface area contributed by atoms with Crippen LogP contribution in [0.25, 0.3) is 0 Å². The molecular formula is C14H14N4O2. The van der Waals surface area contributed by atoms with Crippen molar-refractivity contribution in [3.63, 3.8) is 0 Å². The molecule has 0 unspecified atom stereocenters. The third kappa shape index (κ3) is 3.55. The molecule has 1 heterocycles. The standard InChI is InChI=1S/C14H14N4O2/c1-2-6-15-12-8-13(17-9-16-12)18-11-5-3-4-10(7-11)14(19)20/h2-5,7-9H,1,6H2,(H,19,20)(H2,15,16,17,18). The van der Waals surface area contributed by atoms with E-state index < -0.39 is 5.97 Å². The summed E-state index contributed by atoms with van der Waals surface area (Å²) in [5.41, 5.74) is 0.868. The molecule has 0 saturated carbocycles. The highest BCUT2D eigenvalue weighted by molar-refractivity contribution is 5.89. The molecule has 102 valence electrons. The highest BCUT2D eigenvalue weighted by atomic mass is 16.4. The Hall–Kier alpha value is -2.89. The lowest BCUT2D eigenvalue weighted by Gasteiger charge is -2.08. The van der Waals surface area contributed by atoms with Crippen molar-refractivity contribution in [3.8, 4) is 0 Å². The number of hydrogen-bond acceptors (Lipinski definition) is 5. The number of carboxylic acid groups (broad SMARTS) is 1. The average Bonchev–Trinajstić information content (AvgIpc) is 2.46. The number of aromatic nitrogens is 2. The maximum absolute atomic E-state index is 10.9. The summed E-state index contributed by atoms with van der Waals surface area (Å²) in [7, 11) is 0. The van der Waals surface area contributed by atoms with Crippen LogP contribution in [-0.2, 0) is 0 Å². The summed E-state index contributed by atoms with van der Waals surface area (Å²) in [6.45, 7) is 4.22. The number of nitrogens with one attached hydrogen (secondary N) is 2. The zero-order valence-electron chi connectivity index (χ0n) is 10.7. The van der Waals surface area contributed by atoms with Crippen molar-refractivity contribution in [2.24, 2.45) is 0 Å². The number of nitrogens with zero attached hydrogens (tertiary/aromatic N) is 2. The van der Waals surface area contributed by atoms with Gasteiger partial charge >= 0.3 is 5.97 Å². The van der Waals surface area contributed by atoms with Crippen LogP contribution in [0.3, 0.4) is 0 Å². The SMILES string of the molecule is C=CCNc1cc(Nc2cccc(C(=O)O)c2)ncn1. The smallest absolute Gasteiger partial charge is 0.335 e. The van der Waals surface area contributed by atoms with Crippen molar-refractivity contribution < 1.29 is 9.90 Å². The van der Waals surface area contributed by atoms with Crippen LogP contribution in [-0.4, -0.2) is 27.6 Å². The van der Waals surface area contributed by atoms with E-state index >= 15 is 0 Å². The average molecular weight is 270 g/mol. The van der Waals surface area contributed by atoms with Gasteiger partial charge in [-0.2, -0.15) is 0 Å². The van der Waals surface area contributed by atoms with Gasteiger partial charge in [0.2, 0.25) is 0 Å². The predicted molar refractivity (Wildman–Crippen MR) is 77.4 cm³/mol. The third-order valence-electron chi connectivity index (χ3n) is 2.48. The maximum Gasteiger partial charge on any atom is 0.335 e. The van der Waals surface area contributed by atoms with Crippen LogP contribution in [0, 0.1) is 0 Å². The van der Waals surface area contributed by atoms with Crippen LogP contribution < -0.4 is 10.6 Å². The van der Waals surface area contributed by atoms with E-state index in [9.17, 15) is 4.79 Å². The van der Waals surface area contributed by atoms with E-state index in [-0.39, 0.29) is 5.56 Å². The minimum absolute atomic E-state index is 0.217. The van der Waals surface area contributed by atoms with Gasteiger partial charge in [0.05, 0.1) is 5.56 Å². The number of rotatable bonds is 6. The lowest BCUT2D eigenvalue weighted by atomic mass is 10.2. The molecule has 0 saturated heterocycles. The molecule has 0 aliphatic heterocycles. The second-order valence-corrected chi connectivity index (χ2v) is 3.97. The molecule has 6 heteroatoms. The lowest BCUT2D eigenvalue weighted by Crippen LogP contribution is -2.03. The molecule has 0 spiro atoms. The van der Waals surface area contributed by atoms with E-state index in [4.69, 9.17) is 5.11 Å². The zero-order valence-corrected chi connectivity index (χ0v) is 10.7. The largest absolute Gasteiger partial charge is 0.478 e. The van der Waals surface area contributed by atoms with E-state index in [2.05, 4.69) is 27.2 Å². The van der Waals surface area contributed by atoms with Gasteiger partial charge in [0.15, 0.2) is 0 Å². The van der Waals surface area contributed by atoms with Gasteiger partial charge in [-0.05, 0) is 18.2 Å². The second kappa shape index (κ2) is 6.33. The normalized spacial score (nSPS) is 9.80. The molecule has 20 heavy (non-hydrogen) atoms. The molecule has 1 aromatic carbocycles. The van der Waals surface area contributed by atoms with Crippen LogP contribution >= 0.6 is 0 Å². The molecule has 1 aromatic heterocycles. The van der Waals surface area contributed by atoms with Gasteiger partial charge in [-0.1, -0.05) is 12.1 Å². The highest BCUT2D eigenvalue weighted by Crippen LogP contribution is 2.17. The Morgan fingerprint density at radius 3 is 2.85 bits per heavy atom. The number of benzene rings is 1. The summed E-state index contributed by atoms with van der Waals surface area (Å²) >= 11 is 0. The van der Waals surface area contributed by atoms with Gasteiger partial charge in [0.25, 0.3) is 0 Å². The minimum atomic E-state index is -0.968. The van der Waals surface area contributed by atoms with E-state index in [0.717, 1.165) is 0 Å². The molecule has 0 amide bonds. The maximum atomic E-state index is 10.9. The molecule has 0 aliphatic rings. The van der Waals surface area contributed by atoms with Gasteiger partial charge in [0, 0.05) is 18.3 Å². The predicted octanol–water partition coefficient (Wildman–Crippen LogP) is 2.52. The van der Waals surface area contributed by atoms with Crippen molar-refractivity contribution >= 4 is 23.3 Å². The number of carboxylic acids is 1. The quantitative estimate of drug-likeness (QED) is 0.699. The molecule has 0 bridgehead atoms. The van der Waals surface area contributed by atoms with Crippen LogP contribution in [0.15, 0.2) is 49.3 Å². The topological polar surface area (TPSA) is 87.1 Å². The lowest BCUT2D eigenvalue weighted by molar-refractivity contribution is 0.0697. The number of aromatic carboxylic acids is 1. The van der Waals surface area contributed by atoms with Crippen molar-refractivity contribution in [2.45, 2.75) is 0 Å². The Bertz CT molecular complexity index is 628. The molecule has 0 fully saturated rings. The minimum Gasteiger partial charge on any atom is -0.478 e. The Balaban J connectivity index is 2.15. The van der Waals surface area contributed by atoms with E-state index in [1.165, 1.54) is 12.4 Å². The Morgan fingerprint density at radius 1 is 1.30 bits per heavy atom. The van der Waals surface area contributed by atoms with Crippen LogP contribution in [0.5, 0.6) is 0 Å². The van der Waals surface area contributed by atoms with E-state index in [0.29, 0.717) is 23.9 Å². The molecule has 0 atom stereocenters.